The molecule has 1 saturated heterocycles. The molecular weight excluding hydrogens is 376 g/mol. The molecule has 29 heavy (non-hydrogen) atoms. The van der Waals surface area contributed by atoms with Crippen LogP contribution >= 0.6 is 0 Å². The fraction of sp³-hybridized carbons (Fsp3) is 0.368. The largest absolute Gasteiger partial charge is 0.497 e. The molecule has 1 aromatic carbocycles. The van der Waals surface area contributed by atoms with Gasteiger partial charge in [-0.15, -0.1) is 0 Å². The minimum atomic E-state index is -0.455. The lowest BCUT2D eigenvalue weighted by Gasteiger charge is -2.13. The van der Waals surface area contributed by atoms with E-state index in [0.717, 1.165) is 17.1 Å². The molecule has 1 aromatic heterocycles. The van der Waals surface area contributed by atoms with Crippen molar-refractivity contribution in [2.75, 3.05) is 50.5 Å². The third-order valence-corrected chi connectivity index (χ3v) is 4.13. The maximum absolute atomic E-state index is 11.9. The monoisotopic (exact) mass is 400 g/mol. The molecule has 2 amide bonds. The summed E-state index contributed by atoms with van der Waals surface area (Å²) in [6.07, 6.45) is -0.455. The van der Waals surface area contributed by atoms with Gasteiger partial charge in [-0.3, -0.25) is 9.69 Å². The summed E-state index contributed by atoms with van der Waals surface area (Å²) in [6.45, 7) is 3.46. The van der Waals surface area contributed by atoms with E-state index in [1.807, 2.05) is 37.3 Å². The van der Waals surface area contributed by atoms with Gasteiger partial charge in [-0.2, -0.15) is 4.98 Å². The minimum Gasteiger partial charge on any atom is -0.497 e. The van der Waals surface area contributed by atoms with Crippen molar-refractivity contribution in [1.29, 1.82) is 0 Å². The van der Waals surface area contributed by atoms with E-state index in [-0.39, 0.29) is 12.5 Å². The van der Waals surface area contributed by atoms with Crippen LogP contribution in [0.15, 0.2) is 30.3 Å². The van der Waals surface area contributed by atoms with Gasteiger partial charge in [0.15, 0.2) is 0 Å². The predicted octanol–water partition coefficient (Wildman–Crippen LogP) is 1.52. The third kappa shape index (κ3) is 5.96. The van der Waals surface area contributed by atoms with E-state index in [9.17, 15) is 9.59 Å². The van der Waals surface area contributed by atoms with Crippen molar-refractivity contribution in [3.05, 3.63) is 36.0 Å². The molecule has 3 rings (SSSR count). The first kappa shape index (κ1) is 20.2. The Balaban J connectivity index is 1.46. The number of hydrogen-bond acceptors (Lipinski definition) is 8. The number of carbonyl (C=O) groups is 2. The summed E-state index contributed by atoms with van der Waals surface area (Å²) in [5, 5.41) is 9.06. The second-order valence-electron chi connectivity index (χ2n) is 6.38. The van der Waals surface area contributed by atoms with Crippen molar-refractivity contribution < 1.29 is 19.1 Å². The first-order chi connectivity index (χ1) is 14.0. The lowest BCUT2D eigenvalue weighted by molar-refractivity contribution is -0.121. The molecule has 2 heterocycles. The van der Waals surface area contributed by atoms with Crippen molar-refractivity contribution in [3.63, 3.8) is 0 Å². The fourth-order valence-corrected chi connectivity index (χ4v) is 2.71. The summed E-state index contributed by atoms with van der Waals surface area (Å²) in [6, 6.07) is 9.36. The van der Waals surface area contributed by atoms with Crippen molar-refractivity contribution >= 4 is 29.5 Å². The van der Waals surface area contributed by atoms with Gasteiger partial charge in [-0.1, -0.05) is 0 Å². The van der Waals surface area contributed by atoms with E-state index in [1.165, 1.54) is 4.90 Å². The molecule has 1 aliphatic rings. The number of aryl methyl sites for hydroxylation is 1. The van der Waals surface area contributed by atoms with Crippen LogP contribution in [-0.4, -0.2) is 66.8 Å². The number of anilines is 3. The molecule has 0 spiro atoms. The lowest BCUT2D eigenvalue weighted by Crippen LogP contribution is -2.39. The number of nitrogens with zero attached hydrogens (tertiary/aromatic N) is 3. The Kier molecular flexibility index (Phi) is 6.67. The average Bonchev–Trinajstić information content (AvgIpc) is 3.10. The lowest BCUT2D eigenvalue weighted by atomic mass is 10.3. The number of nitrogens with one attached hydrogen (secondary N) is 3. The Morgan fingerprint density at radius 2 is 2.03 bits per heavy atom. The third-order valence-electron chi connectivity index (χ3n) is 4.13. The molecule has 1 aliphatic heterocycles. The number of amides is 2. The Morgan fingerprint density at radius 1 is 1.24 bits per heavy atom. The number of rotatable bonds is 9. The smallest absolute Gasteiger partial charge is 0.410 e. The highest BCUT2D eigenvalue weighted by molar-refractivity contribution is 5.82. The maximum atomic E-state index is 11.9. The molecule has 0 unspecified atom stereocenters. The molecule has 154 valence electrons. The van der Waals surface area contributed by atoms with E-state index in [1.54, 1.807) is 7.11 Å². The molecule has 3 N–H and O–H groups in total. The van der Waals surface area contributed by atoms with E-state index in [0.29, 0.717) is 38.0 Å². The molecule has 0 aliphatic carbocycles. The summed E-state index contributed by atoms with van der Waals surface area (Å²) in [5.74, 6) is 1.65. The Morgan fingerprint density at radius 3 is 2.72 bits per heavy atom. The number of benzene rings is 1. The van der Waals surface area contributed by atoms with Crippen molar-refractivity contribution in [2.24, 2.45) is 0 Å². The van der Waals surface area contributed by atoms with Gasteiger partial charge in [0.1, 0.15) is 24.7 Å². The zero-order valence-electron chi connectivity index (χ0n) is 16.4. The van der Waals surface area contributed by atoms with Crippen LogP contribution in [0.1, 0.15) is 5.69 Å². The summed E-state index contributed by atoms with van der Waals surface area (Å²) in [4.78, 5) is 33.4. The molecule has 10 nitrogen and oxygen atoms in total. The van der Waals surface area contributed by atoms with Gasteiger partial charge in [0.25, 0.3) is 0 Å². The van der Waals surface area contributed by atoms with E-state index >= 15 is 0 Å². The molecule has 0 atom stereocenters. The number of cyclic esters (lactones) is 1. The summed E-state index contributed by atoms with van der Waals surface area (Å²) in [7, 11) is 1.62. The minimum absolute atomic E-state index is 0.00426. The number of methoxy groups -OCH3 is 1. The second-order valence-corrected chi connectivity index (χ2v) is 6.38. The summed E-state index contributed by atoms with van der Waals surface area (Å²) < 4.78 is 9.94. The van der Waals surface area contributed by atoms with Crippen LogP contribution in [0.3, 0.4) is 0 Å². The Bertz CT molecular complexity index is 858. The second kappa shape index (κ2) is 9.58. The molecule has 1 fully saturated rings. The molecular formula is C19H24N6O4. The van der Waals surface area contributed by atoms with Crippen molar-refractivity contribution in [1.82, 2.24) is 20.2 Å². The van der Waals surface area contributed by atoms with Crippen molar-refractivity contribution in [3.8, 4) is 5.75 Å². The molecule has 0 bridgehead atoms. The number of hydrogen-bond donors (Lipinski definition) is 3. The quantitative estimate of drug-likeness (QED) is 0.542. The normalized spacial score (nSPS) is 13.0. The Hall–Kier alpha value is -3.56. The topological polar surface area (TPSA) is 118 Å². The van der Waals surface area contributed by atoms with Crippen LogP contribution in [0.4, 0.5) is 22.2 Å². The van der Waals surface area contributed by atoms with Gasteiger partial charge in [-0.05, 0) is 31.2 Å². The highest BCUT2D eigenvalue weighted by Crippen LogP contribution is 2.19. The maximum Gasteiger partial charge on any atom is 0.410 e. The van der Waals surface area contributed by atoms with Crippen LogP contribution in [0.2, 0.25) is 0 Å². The molecule has 10 heteroatoms. The van der Waals surface area contributed by atoms with Gasteiger partial charge in [0.05, 0.1) is 13.7 Å². The molecule has 0 radical (unpaired) electrons. The van der Waals surface area contributed by atoms with Gasteiger partial charge in [0.2, 0.25) is 11.9 Å². The van der Waals surface area contributed by atoms with Gasteiger partial charge in [0, 0.05) is 30.5 Å². The number of ether oxygens (including phenoxy) is 2. The molecule has 2 aromatic rings. The first-order valence-electron chi connectivity index (χ1n) is 9.22. The summed E-state index contributed by atoms with van der Waals surface area (Å²) >= 11 is 0. The highest BCUT2D eigenvalue weighted by atomic mass is 16.6. The van der Waals surface area contributed by atoms with E-state index in [2.05, 4.69) is 25.9 Å². The standard InChI is InChI=1S/C19H24N6O4/c1-13-11-16(23-14-3-5-15(28-2)6-4-14)24-18(22-13)21-8-7-20-17(26)12-25-9-10-29-19(25)27/h3-6,11H,7-10,12H2,1-2H3,(H,20,26)(H2,21,22,23,24). The van der Waals surface area contributed by atoms with Gasteiger partial charge in [-0.25, -0.2) is 9.78 Å². The average molecular weight is 400 g/mol. The highest BCUT2D eigenvalue weighted by Gasteiger charge is 2.23. The first-order valence-corrected chi connectivity index (χ1v) is 9.22. The van der Waals surface area contributed by atoms with Gasteiger partial charge >= 0.3 is 6.09 Å². The zero-order valence-corrected chi connectivity index (χ0v) is 16.4. The van der Waals surface area contributed by atoms with E-state index in [4.69, 9.17) is 9.47 Å². The van der Waals surface area contributed by atoms with Crippen LogP contribution in [-0.2, 0) is 9.53 Å². The molecule has 0 saturated carbocycles. The fourth-order valence-electron chi connectivity index (χ4n) is 2.71. The van der Waals surface area contributed by atoms with Gasteiger partial charge < -0.3 is 25.4 Å². The van der Waals surface area contributed by atoms with Crippen LogP contribution in [0, 0.1) is 6.92 Å². The van der Waals surface area contributed by atoms with Crippen LogP contribution in [0.5, 0.6) is 5.75 Å². The van der Waals surface area contributed by atoms with Crippen LogP contribution in [0.25, 0.3) is 0 Å². The number of carbonyl (C=O) groups excluding carboxylic acids is 2. The van der Waals surface area contributed by atoms with E-state index < -0.39 is 6.09 Å². The zero-order chi connectivity index (χ0) is 20.6. The van der Waals surface area contributed by atoms with Crippen LogP contribution < -0.4 is 20.7 Å². The SMILES string of the molecule is COc1ccc(Nc2cc(C)nc(NCCNC(=O)CN3CCOC3=O)n2)cc1. The van der Waals surface area contributed by atoms with Crippen molar-refractivity contribution in [2.45, 2.75) is 6.92 Å². The Labute approximate surface area is 168 Å². The number of aromatic nitrogens is 2. The predicted molar refractivity (Wildman–Crippen MR) is 107 cm³/mol. The summed E-state index contributed by atoms with van der Waals surface area (Å²) in [5.41, 5.74) is 1.68.